The van der Waals surface area contributed by atoms with Gasteiger partial charge in [-0.05, 0) is 31.0 Å². The van der Waals surface area contributed by atoms with Crippen LogP contribution in [0, 0.1) is 0 Å². The van der Waals surface area contributed by atoms with Crippen molar-refractivity contribution in [1.82, 2.24) is 20.4 Å². The Hall–Kier alpha value is -2.27. The first-order valence-corrected chi connectivity index (χ1v) is 11.5. The second kappa shape index (κ2) is 11.2. The number of hydrogen-bond donors (Lipinski definition) is 3. The van der Waals surface area contributed by atoms with Crippen LogP contribution in [0.1, 0.15) is 12.5 Å². The van der Waals surface area contributed by atoms with Gasteiger partial charge in [0.15, 0.2) is 0 Å². The molecule has 0 unspecified atom stereocenters. The SMILES string of the molecule is C=CCNC(=O)CN1CCN([C@@H](C)C(=O)NCCc2ccc(S(N)(=O)=O)cc2)CC1. The van der Waals surface area contributed by atoms with Crippen molar-refractivity contribution in [1.29, 1.82) is 0 Å². The van der Waals surface area contributed by atoms with Gasteiger partial charge in [0.2, 0.25) is 21.8 Å². The molecule has 0 spiro atoms. The molecular weight excluding hydrogens is 406 g/mol. The molecule has 0 saturated carbocycles. The minimum Gasteiger partial charge on any atom is -0.354 e. The van der Waals surface area contributed by atoms with E-state index in [1.165, 1.54) is 12.1 Å². The number of nitrogens with two attached hydrogens (primary N) is 1. The minimum absolute atomic E-state index is 0.0220. The summed E-state index contributed by atoms with van der Waals surface area (Å²) in [7, 11) is -3.70. The number of primary sulfonamides is 1. The summed E-state index contributed by atoms with van der Waals surface area (Å²) in [5.41, 5.74) is 0.915. The van der Waals surface area contributed by atoms with Crippen LogP contribution in [-0.4, -0.2) is 81.9 Å². The van der Waals surface area contributed by atoms with Crippen LogP contribution in [0.25, 0.3) is 0 Å². The summed E-state index contributed by atoms with van der Waals surface area (Å²) < 4.78 is 22.6. The summed E-state index contributed by atoms with van der Waals surface area (Å²) in [6.45, 7) is 9.64. The van der Waals surface area contributed by atoms with E-state index in [0.29, 0.717) is 26.1 Å². The normalized spacial score (nSPS) is 16.6. The van der Waals surface area contributed by atoms with Gasteiger partial charge in [0.05, 0.1) is 17.5 Å². The minimum atomic E-state index is -3.70. The number of carbonyl (C=O) groups excluding carboxylic acids is 2. The maximum atomic E-state index is 12.5. The van der Waals surface area contributed by atoms with Crippen LogP contribution in [0.15, 0.2) is 41.8 Å². The topological polar surface area (TPSA) is 125 Å². The average molecular weight is 438 g/mol. The van der Waals surface area contributed by atoms with Gasteiger partial charge in [0.1, 0.15) is 0 Å². The lowest BCUT2D eigenvalue weighted by molar-refractivity contribution is -0.127. The summed E-state index contributed by atoms with van der Waals surface area (Å²) in [5, 5.41) is 10.8. The highest BCUT2D eigenvalue weighted by Crippen LogP contribution is 2.09. The molecule has 1 saturated heterocycles. The number of rotatable bonds is 10. The van der Waals surface area contributed by atoms with Crippen LogP contribution in [0.2, 0.25) is 0 Å². The predicted molar refractivity (Wildman–Crippen MR) is 115 cm³/mol. The Kier molecular flexibility index (Phi) is 8.97. The molecule has 0 aromatic heterocycles. The fourth-order valence-electron chi connectivity index (χ4n) is 3.24. The van der Waals surface area contributed by atoms with Crippen molar-refractivity contribution in [2.24, 2.45) is 5.14 Å². The Morgan fingerprint density at radius 1 is 1.17 bits per heavy atom. The van der Waals surface area contributed by atoms with Gasteiger partial charge >= 0.3 is 0 Å². The van der Waals surface area contributed by atoms with Crippen molar-refractivity contribution in [3.8, 4) is 0 Å². The first-order chi connectivity index (χ1) is 14.2. The Bertz CT molecular complexity index is 833. The third kappa shape index (κ3) is 7.52. The summed E-state index contributed by atoms with van der Waals surface area (Å²) in [4.78, 5) is 28.5. The molecule has 1 atom stereocenters. The van der Waals surface area contributed by atoms with E-state index in [-0.39, 0.29) is 22.8 Å². The number of hydrogen-bond acceptors (Lipinski definition) is 6. The van der Waals surface area contributed by atoms with E-state index in [1.807, 2.05) is 6.92 Å². The molecule has 2 rings (SSSR count). The number of carbonyl (C=O) groups is 2. The second-order valence-electron chi connectivity index (χ2n) is 7.31. The fraction of sp³-hybridized carbons (Fsp3) is 0.500. The Balaban J connectivity index is 1.71. The van der Waals surface area contributed by atoms with Gasteiger partial charge in [0.25, 0.3) is 0 Å². The molecule has 1 aliphatic rings. The largest absolute Gasteiger partial charge is 0.354 e. The standard InChI is InChI=1S/C20H31N5O4S/c1-3-9-22-19(26)15-24-11-13-25(14-12-24)16(2)20(27)23-10-8-17-4-6-18(7-5-17)30(21,28)29/h3-7,16H,1,8-15H2,2H3,(H,22,26)(H,23,27)(H2,21,28,29)/t16-/m0/s1. The van der Waals surface area contributed by atoms with Crippen LogP contribution < -0.4 is 15.8 Å². The Morgan fingerprint density at radius 2 is 1.80 bits per heavy atom. The Morgan fingerprint density at radius 3 is 2.37 bits per heavy atom. The van der Waals surface area contributed by atoms with E-state index in [1.54, 1.807) is 18.2 Å². The van der Waals surface area contributed by atoms with Crippen LogP contribution >= 0.6 is 0 Å². The van der Waals surface area contributed by atoms with Gasteiger partial charge < -0.3 is 10.6 Å². The number of amides is 2. The lowest BCUT2D eigenvalue weighted by atomic mass is 10.1. The molecule has 1 aromatic rings. The lowest BCUT2D eigenvalue weighted by Crippen LogP contribution is -2.55. The summed E-state index contributed by atoms with van der Waals surface area (Å²) >= 11 is 0. The van der Waals surface area contributed by atoms with Crippen LogP contribution in [-0.2, 0) is 26.0 Å². The van der Waals surface area contributed by atoms with Crippen LogP contribution in [0.3, 0.4) is 0 Å². The quantitative estimate of drug-likeness (QED) is 0.416. The molecule has 10 heteroatoms. The maximum absolute atomic E-state index is 12.5. The molecule has 1 heterocycles. The number of nitrogens with zero attached hydrogens (tertiary/aromatic N) is 2. The van der Waals surface area contributed by atoms with Crippen molar-refractivity contribution in [2.45, 2.75) is 24.3 Å². The predicted octanol–water partition coefficient (Wildman–Crippen LogP) is -0.699. The number of piperazine rings is 1. The summed E-state index contributed by atoms with van der Waals surface area (Å²) in [5.74, 6) is -0.0698. The molecule has 0 aliphatic carbocycles. The van der Waals surface area contributed by atoms with E-state index in [4.69, 9.17) is 5.14 Å². The molecule has 4 N–H and O–H groups in total. The third-order valence-corrected chi connectivity index (χ3v) is 6.04. The zero-order chi connectivity index (χ0) is 22.1. The van der Waals surface area contributed by atoms with E-state index < -0.39 is 10.0 Å². The van der Waals surface area contributed by atoms with Crippen molar-refractivity contribution in [2.75, 3.05) is 45.8 Å². The molecule has 0 radical (unpaired) electrons. The number of nitrogens with one attached hydrogen (secondary N) is 2. The highest BCUT2D eigenvalue weighted by Gasteiger charge is 2.26. The smallest absolute Gasteiger partial charge is 0.238 e. The molecule has 2 amide bonds. The molecule has 1 aliphatic heterocycles. The van der Waals surface area contributed by atoms with Crippen LogP contribution in [0.5, 0.6) is 0 Å². The summed E-state index contributed by atoms with van der Waals surface area (Å²) in [6.07, 6.45) is 2.24. The molecule has 166 valence electrons. The molecule has 1 aromatic carbocycles. The first kappa shape index (κ1) is 24.0. The van der Waals surface area contributed by atoms with E-state index in [9.17, 15) is 18.0 Å². The highest BCUT2D eigenvalue weighted by atomic mass is 32.2. The van der Waals surface area contributed by atoms with Gasteiger partial charge in [0, 0.05) is 39.3 Å². The summed E-state index contributed by atoms with van der Waals surface area (Å²) in [6, 6.07) is 6.06. The molecular formula is C20H31N5O4S. The van der Waals surface area contributed by atoms with E-state index in [2.05, 4.69) is 27.0 Å². The number of sulfonamides is 1. The zero-order valence-corrected chi connectivity index (χ0v) is 18.2. The van der Waals surface area contributed by atoms with Gasteiger partial charge in [-0.1, -0.05) is 18.2 Å². The molecule has 1 fully saturated rings. The van der Waals surface area contributed by atoms with E-state index in [0.717, 1.165) is 31.7 Å². The highest BCUT2D eigenvalue weighted by molar-refractivity contribution is 7.89. The zero-order valence-electron chi connectivity index (χ0n) is 17.3. The monoisotopic (exact) mass is 437 g/mol. The second-order valence-corrected chi connectivity index (χ2v) is 8.87. The van der Waals surface area contributed by atoms with Gasteiger partial charge in [-0.3, -0.25) is 19.4 Å². The fourth-order valence-corrected chi connectivity index (χ4v) is 3.76. The maximum Gasteiger partial charge on any atom is 0.238 e. The molecule has 30 heavy (non-hydrogen) atoms. The lowest BCUT2D eigenvalue weighted by Gasteiger charge is -2.37. The van der Waals surface area contributed by atoms with E-state index >= 15 is 0 Å². The number of benzene rings is 1. The van der Waals surface area contributed by atoms with Crippen molar-refractivity contribution in [3.63, 3.8) is 0 Å². The van der Waals surface area contributed by atoms with Crippen LogP contribution in [0.4, 0.5) is 0 Å². The van der Waals surface area contributed by atoms with Gasteiger partial charge in [-0.2, -0.15) is 0 Å². The van der Waals surface area contributed by atoms with Crippen molar-refractivity contribution in [3.05, 3.63) is 42.5 Å². The van der Waals surface area contributed by atoms with Crippen molar-refractivity contribution < 1.29 is 18.0 Å². The third-order valence-electron chi connectivity index (χ3n) is 5.11. The Labute approximate surface area is 178 Å². The first-order valence-electron chi connectivity index (χ1n) is 9.94. The van der Waals surface area contributed by atoms with Crippen molar-refractivity contribution >= 4 is 21.8 Å². The molecule has 9 nitrogen and oxygen atoms in total. The average Bonchev–Trinajstić information content (AvgIpc) is 2.72. The molecule has 0 bridgehead atoms. The van der Waals surface area contributed by atoms with Gasteiger partial charge in [-0.15, -0.1) is 6.58 Å². The van der Waals surface area contributed by atoms with Gasteiger partial charge in [-0.25, -0.2) is 13.6 Å².